The molecule has 0 aliphatic carbocycles. The van der Waals surface area contributed by atoms with E-state index in [0.717, 1.165) is 45.0 Å². The zero-order valence-electron chi connectivity index (χ0n) is 21.5. The smallest absolute Gasteiger partial charge is 0.341 e. The van der Waals surface area contributed by atoms with Gasteiger partial charge >= 0.3 is 5.97 Å². The summed E-state index contributed by atoms with van der Waals surface area (Å²) in [4.78, 5) is 32.4. The predicted octanol–water partition coefficient (Wildman–Crippen LogP) is 3.36. The monoisotopic (exact) mass is 520 g/mol. The van der Waals surface area contributed by atoms with Crippen LogP contribution in [0, 0.1) is 13.8 Å². The standard InChI is InChI=1S/C24H36N6O3S2/c1-7-28(8-2)22(31)20-16(4)19(23(32)33-6)21(35-20)25-24(34)29-12-10-27(11-13-29)14-18-15-30(9-3)26-17(18)5/h15H,7-14H2,1-6H3,(H,25,34). The zero-order chi connectivity index (χ0) is 25.7. The van der Waals surface area contributed by atoms with E-state index in [1.54, 1.807) is 11.8 Å². The van der Waals surface area contributed by atoms with Crippen LogP contribution in [0.3, 0.4) is 0 Å². The Bertz CT molecular complexity index is 1070. The van der Waals surface area contributed by atoms with Gasteiger partial charge in [0.2, 0.25) is 0 Å². The summed E-state index contributed by atoms with van der Waals surface area (Å²) in [6.45, 7) is 16.0. The van der Waals surface area contributed by atoms with Crippen LogP contribution in [-0.2, 0) is 17.8 Å². The largest absolute Gasteiger partial charge is 0.465 e. The number of anilines is 1. The molecule has 3 rings (SSSR count). The summed E-state index contributed by atoms with van der Waals surface area (Å²) < 4.78 is 6.99. The molecule has 1 N–H and O–H groups in total. The highest BCUT2D eigenvalue weighted by molar-refractivity contribution is 7.80. The Labute approximate surface area is 217 Å². The van der Waals surface area contributed by atoms with Crippen molar-refractivity contribution in [2.45, 2.75) is 47.7 Å². The zero-order valence-corrected chi connectivity index (χ0v) is 23.1. The van der Waals surface area contributed by atoms with Crippen molar-refractivity contribution in [3.8, 4) is 0 Å². The van der Waals surface area contributed by atoms with E-state index < -0.39 is 5.97 Å². The molecule has 0 aromatic carbocycles. The van der Waals surface area contributed by atoms with Gasteiger partial charge in [-0.1, -0.05) is 0 Å². The molecule has 0 atom stereocenters. The van der Waals surface area contributed by atoms with Crippen molar-refractivity contribution < 1.29 is 14.3 Å². The second kappa shape index (κ2) is 12.0. The minimum absolute atomic E-state index is 0.0862. The van der Waals surface area contributed by atoms with Crippen molar-refractivity contribution in [1.29, 1.82) is 0 Å². The van der Waals surface area contributed by atoms with E-state index >= 15 is 0 Å². The van der Waals surface area contributed by atoms with Gasteiger partial charge in [0.05, 0.1) is 23.2 Å². The van der Waals surface area contributed by atoms with Crippen LogP contribution in [0.4, 0.5) is 5.00 Å². The van der Waals surface area contributed by atoms with Gasteiger partial charge in [-0.25, -0.2) is 4.79 Å². The van der Waals surface area contributed by atoms with Crippen LogP contribution in [0.5, 0.6) is 0 Å². The Morgan fingerprint density at radius 1 is 1.17 bits per heavy atom. The van der Waals surface area contributed by atoms with E-state index in [9.17, 15) is 9.59 Å². The fourth-order valence-corrected chi connectivity index (χ4v) is 5.72. The molecule has 0 spiro atoms. The van der Waals surface area contributed by atoms with Crippen LogP contribution in [-0.4, -0.2) is 87.8 Å². The van der Waals surface area contributed by atoms with E-state index in [1.165, 1.54) is 24.0 Å². The SMILES string of the molecule is CCN(CC)C(=O)c1sc(NC(=S)N2CCN(Cc3cn(CC)nc3C)CC2)c(C(=O)OC)c1C. The number of nitrogens with one attached hydrogen (secondary N) is 1. The van der Waals surface area contributed by atoms with E-state index in [2.05, 4.69) is 40.3 Å². The Morgan fingerprint density at radius 3 is 2.37 bits per heavy atom. The minimum Gasteiger partial charge on any atom is -0.465 e. The average Bonchev–Trinajstić information content (AvgIpc) is 3.38. The summed E-state index contributed by atoms with van der Waals surface area (Å²) in [7, 11) is 1.35. The highest BCUT2D eigenvalue weighted by Crippen LogP contribution is 2.35. The fraction of sp³-hybridized carbons (Fsp3) is 0.583. The van der Waals surface area contributed by atoms with Crippen molar-refractivity contribution in [3.05, 3.63) is 33.5 Å². The number of hydrogen-bond acceptors (Lipinski definition) is 7. The number of nitrogens with zero attached hydrogens (tertiary/aromatic N) is 5. The molecule has 0 radical (unpaired) electrons. The number of esters is 1. The summed E-state index contributed by atoms with van der Waals surface area (Å²) in [6, 6.07) is 0. The van der Waals surface area contributed by atoms with Gasteiger partial charge in [-0.2, -0.15) is 5.10 Å². The van der Waals surface area contributed by atoms with Gasteiger partial charge in [0.15, 0.2) is 5.11 Å². The van der Waals surface area contributed by atoms with Crippen LogP contribution in [0.25, 0.3) is 0 Å². The number of carbonyl (C=O) groups excluding carboxylic acids is 2. The first-order chi connectivity index (χ1) is 16.7. The number of ether oxygens (including phenoxy) is 1. The van der Waals surface area contributed by atoms with E-state index in [4.69, 9.17) is 17.0 Å². The number of aromatic nitrogens is 2. The van der Waals surface area contributed by atoms with Crippen LogP contribution in [0.15, 0.2) is 6.20 Å². The van der Waals surface area contributed by atoms with Crippen LogP contribution >= 0.6 is 23.6 Å². The molecule has 0 unspecified atom stereocenters. The van der Waals surface area contributed by atoms with Crippen LogP contribution in [0.1, 0.15) is 57.6 Å². The van der Waals surface area contributed by atoms with Crippen molar-refractivity contribution in [3.63, 3.8) is 0 Å². The van der Waals surface area contributed by atoms with Gasteiger partial charge in [-0.05, 0) is 52.4 Å². The van der Waals surface area contributed by atoms with E-state index in [-0.39, 0.29) is 5.91 Å². The number of rotatable bonds is 8. The summed E-state index contributed by atoms with van der Waals surface area (Å²) in [5.74, 6) is -0.563. The first-order valence-corrected chi connectivity index (χ1v) is 13.3. The molecule has 192 valence electrons. The number of thiocarbonyl (C=S) groups is 1. The molecule has 0 saturated carbocycles. The molecule has 3 heterocycles. The topological polar surface area (TPSA) is 82.9 Å². The molecule has 1 amide bonds. The molecule has 0 bridgehead atoms. The van der Waals surface area contributed by atoms with Gasteiger partial charge in [-0.3, -0.25) is 14.4 Å². The maximum Gasteiger partial charge on any atom is 0.341 e. The molecule has 1 fully saturated rings. The number of thiophene rings is 1. The molecule has 2 aromatic rings. The van der Waals surface area contributed by atoms with Gasteiger partial charge in [0.25, 0.3) is 5.91 Å². The molecule has 11 heteroatoms. The lowest BCUT2D eigenvalue weighted by molar-refractivity contribution is 0.0601. The number of methoxy groups -OCH3 is 1. The molecule has 9 nitrogen and oxygen atoms in total. The first-order valence-electron chi connectivity index (χ1n) is 12.1. The third-order valence-electron chi connectivity index (χ3n) is 6.43. The molecular weight excluding hydrogens is 484 g/mol. The summed E-state index contributed by atoms with van der Waals surface area (Å²) >= 11 is 6.96. The molecule has 1 aliphatic rings. The summed E-state index contributed by atoms with van der Waals surface area (Å²) in [5, 5.41) is 8.89. The number of piperazine rings is 1. The summed E-state index contributed by atoms with van der Waals surface area (Å²) in [6.07, 6.45) is 2.12. The summed E-state index contributed by atoms with van der Waals surface area (Å²) in [5.41, 5.74) is 3.32. The maximum atomic E-state index is 13.0. The van der Waals surface area contributed by atoms with Crippen molar-refractivity contribution >= 4 is 45.5 Å². The van der Waals surface area contributed by atoms with Gasteiger partial charge in [0.1, 0.15) is 5.00 Å². The molecule has 35 heavy (non-hydrogen) atoms. The highest BCUT2D eigenvalue weighted by atomic mass is 32.1. The fourth-order valence-electron chi connectivity index (χ4n) is 4.21. The molecule has 2 aromatic heterocycles. The maximum absolute atomic E-state index is 13.0. The van der Waals surface area contributed by atoms with Gasteiger partial charge in [0, 0.05) is 64.1 Å². The second-order valence-electron chi connectivity index (χ2n) is 8.52. The van der Waals surface area contributed by atoms with E-state index in [1.807, 2.05) is 18.5 Å². The molecule has 1 aliphatic heterocycles. The third kappa shape index (κ3) is 6.02. The Balaban J connectivity index is 1.69. The normalized spacial score (nSPS) is 14.2. The molecule has 1 saturated heterocycles. The number of amides is 1. The lowest BCUT2D eigenvalue weighted by Gasteiger charge is -2.36. The Morgan fingerprint density at radius 2 is 1.83 bits per heavy atom. The van der Waals surface area contributed by atoms with Gasteiger partial charge in [-0.15, -0.1) is 11.3 Å². The van der Waals surface area contributed by atoms with Crippen molar-refractivity contribution in [2.75, 3.05) is 51.7 Å². The number of aryl methyl sites for hydroxylation is 2. The van der Waals surface area contributed by atoms with E-state index in [0.29, 0.717) is 39.2 Å². The van der Waals surface area contributed by atoms with Crippen molar-refractivity contribution in [1.82, 2.24) is 24.5 Å². The highest BCUT2D eigenvalue weighted by Gasteiger charge is 2.29. The Hall–Kier alpha value is -2.50. The molecular formula is C24H36N6O3S2. The van der Waals surface area contributed by atoms with Crippen LogP contribution < -0.4 is 5.32 Å². The quantitative estimate of drug-likeness (QED) is 0.419. The van der Waals surface area contributed by atoms with Crippen LogP contribution in [0.2, 0.25) is 0 Å². The lowest BCUT2D eigenvalue weighted by Crippen LogP contribution is -2.49. The number of carbonyl (C=O) groups is 2. The minimum atomic E-state index is -0.476. The Kier molecular flexibility index (Phi) is 9.26. The predicted molar refractivity (Wildman–Crippen MR) is 143 cm³/mol. The first kappa shape index (κ1) is 27.1. The number of hydrogen-bond donors (Lipinski definition) is 1. The second-order valence-corrected chi connectivity index (χ2v) is 9.93. The van der Waals surface area contributed by atoms with Gasteiger partial charge < -0.3 is 19.9 Å². The third-order valence-corrected chi connectivity index (χ3v) is 7.98. The average molecular weight is 521 g/mol. The lowest BCUT2D eigenvalue weighted by atomic mass is 10.1. The van der Waals surface area contributed by atoms with Crippen molar-refractivity contribution in [2.24, 2.45) is 0 Å².